The average molecular weight is 264 g/mol. The van der Waals surface area contributed by atoms with Gasteiger partial charge in [0.2, 0.25) is 0 Å². The molecule has 1 N–H and O–H groups in total. The van der Waals surface area contributed by atoms with Crippen LogP contribution < -0.4 is 10.2 Å². The van der Waals surface area contributed by atoms with Crippen LogP contribution in [0.2, 0.25) is 0 Å². The van der Waals surface area contributed by atoms with E-state index in [2.05, 4.69) is 31.1 Å². The van der Waals surface area contributed by atoms with Gasteiger partial charge in [-0.1, -0.05) is 13.8 Å². The Morgan fingerprint density at radius 2 is 2.00 bits per heavy atom. The molecule has 1 saturated carbocycles. The van der Waals surface area contributed by atoms with Crippen molar-refractivity contribution in [3.8, 4) is 0 Å². The zero-order valence-corrected chi connectivity index (χ0v) is 12.2. The van der Waals surface area contributed by atoms with E-state index in [9.17, 15) is 4.39 Å². The molecule has 0 saturated heterocycles. The van der Waals surface area contributed by atoms with Crippen molar-refractivity contribution in [2.24, 2.45) is 0 Å². The molecule has 1 aromatic rings. The number of nitrogens with zero attached hydrogens (tertiary/aromatic N) is 1. The highest BCUT2D eigenvalue weighted by molar-refractivity contribution is 5.54. The summed E-state index contributed by atoms with van der Waals surface area (Å²) in [6, 6.07) is 6.32. The normalized spacial score (nSPS) is 15.0. The van der Waals surface area contributed by atoms with Gasteiger partial charge in [-0.2, -0.15) is 0 Å². The maximum atomic E-state index is 13.5. The largest absolute Gasteiger partial charge is 0.371 e. The molecule has 0 amide bonds. The molecule has 0 aromatic heterocycles. The molecule has 2 nitrogen and oxygen atoms in total. The van der Waals surface area contributed by atoms with Gasteiger partial charge in [-0.3, -0.25) is 0 Å². The van der Waals surface area contributed by atoms with Gasteiger partial charge in [0.15, 0.2) is 0 Å². The highest BCUT2D eigenvalue weighted by Crippen LogP contribution is 2.26. The highest BCUT2D eigenvalue weighted by Gasteiger charge is 2.21. The first-order valence-electron chi connectivity index (χ1n) is 7.40. The van der Waals surface area contributed by atoms with Crippen molar-refractivity contribution in [1.29, 1.82) is 0 Å². The number of halogens is 1. The number of hydrogen-bond donors (Lipinski definition) is 1. The van der Waals surface area contributed by atoms with Crippen molar-refractivity contribution in [3.05, 3.63) is 29.6 Å². The molecular weight excluding hydrogens is 239 g/mol. The molecule has 0 radical (unpaired) electrons. The van der Waals surface area contributed by atoms with Gasteiger partial charge in [-0.05, 0) is 49.4 Å². The molecule has 1 aliphatic carbocycles. The third kappa shape index (κ3) is 3.69. The molecule has 1 aromatic carbocycles. The third-order valence-electron chi connectivity index (χ3n) is 4.07. The Morgan fingerprint density at radius 3 is 2.58 bits per heavy atom. The number of rotatable bonds is 7. The van der Waals surface area contributed by atoms with E-state index in [0.717, 1.165) is 30.6 Å². The molecule has 0 unspecified atom stereocenters. The summed E-state index contributed by atoms with van der Waals surface area (Å²) in [7, 11) is 2.12. The summed E-state index contributed by atoms with van der Waals surface area (Å²) in [4.78, 5) is 2.29. The minimum atomic E-state index is -0.144. The van der Waals surface area contributed by atoms with Crippen LogP contribution in [0.1, 0.15) is 45.1 Å². The van der Waals surface area contributed by atoms with Crippen LogP contribution in [-0.2, 0) is 6.54 Å². The SMILES string of the molecule is CCC(CC)N(C)c1ccc(F)cc1CNC1CC1. The fraction of sp³-hybridized carbons (Fsp3) is 0.625. The van der Waals surface area contributed by atoms with Crippen molar-refractivity contribution in [1.82, 2.24) is 5.32 Å². The monoisotopic (exact) mass is 264 g/mol. The molecule has 0 heterocycles. The van der Waals surface area contributed by atoms with Crippen molar-refractivity contribution >= 4 is 5.69 Å². The van der Waals surface area contributed by atoms with Gasteiger partial charge >= 0.3 is 0 Å². The Hall–Kier alpha value is -1.09. The summed E-state index contributed by atoms with van der Waals surface area (Å²) >= 11 is 0. The Balaban J connectivity index is 2.16. The van der Waals surface area contributed by atoms with Crippen LogP contribution in [0.4, 0.5) is 10.1 Å². The van der Waals surface area contributed by atoms with Gasteiger partial charge in [-0.25, -0.2) is 4.39 Å². The average Bonchev–Trinajstić information content (AvgIpc) is 3.21. The first-order chi connectivity index (χ1) is 9.15. The van der Waals surface area contributed by atoms with Crippen molar-refractivity contribution in [3.63, 3.8) is 0 Å². The fourth-order valence-electron chi connectivity index (χ4n) is 2.61. The van der Waals surface area contributed by atoms with Gasteiger partial charge in [0.05, 0.1) is 0 Å². The predicted molar refractivity (Wildman–Crippen MR) is 79.0 cm³/mol. The van der Waals surface area contributed by atoms with E-state index in [1.54, 1.807) is 12.1 Å². The first-order valence-corrected chi connectivity index (χ1v) is 7.40. The van der Waals surface area contributed by atoms with E-state index in [-0.39, 0.29) is 5.82 Å². The second-order valence-electron chi connectivity index (χ2n) is 5.51. The third-order valence-corrected chi connectivity index (χ3v) is 4.07. The van der Waals surface area contributed by atoms with Crippen LogP contribution in [-0.4, -0.2) is 19.1 Å². The Labute approximate surface area is 116 Å². The summed E-state index contributed by atoms with van der Waals surface area (Å²) in [5, 5.41) is 3.48. The number of benzene rings is 1. The molecule has 3 heteroatoms. The smallest absolute Gasteiger partial charge is 0.123 e. The van der Waals surface area contributed by atoms with Crippen molar-refractivity contribution in [2.45, 2.75) is 58.2 Å². The van der Waals surface area contributed by atoms with Crippen molar-refractivity contribution in [2.75, 3.05) is 11.9 Å². The van der Waals surface area contributed by atoms with Crippen LogP contribution in [0.15, 0.2) is 18.2 Å². The molecule has 0 atom stereocenters. The van der Waals surface area contributed by atoms with E-state index in [1.165, 1.54) is 12.8 Å². The highest BCUT2D eigenvalue weighted by atomic mass is 19.1. The zero-order chi connectivity index (χ0) is 13.8. The minimum Gasteiger partial charge on any atom is -0.371 e. The van der Waals surface area contributed by atoms with Crippen LogP contribution in [0.25, 0.3) is 0 Å². The lowest BCUT2D eigenvalue weighted by Gasteiger charge is -2.30. The topological polar surface area (TPSA) is 15.3 Å². The van der Waals surface area contributed by atoms with Crippen molar-refractivity contribution < 1.29 is 4.39 Å². The van der Waals surface area contributed by atoms with Gasteiger partial charge in [-0.15, -0.1) is 0 Å². The Kier molecular flexibility index (Phi) is 4.81. The lowest BCUT2D eigenvalue weighted by molar-refractivity contribution is 0.583. The van der Waals surface area contributed by atoms with Gasteiger partial charge < -0.3 is 10.2 Å². The number of hydrogen-bond acceptors (Lipinski definition) is 2. The first kappa shape index (κ1) is 14.3. The van der Waals surface area contributed by atoms with Crippen LogP contribution in [0, 0.1) is 5.82 Å². The maximum absolute atomic E-state index is 13.5. The second-order valence-corrected chi connectivity index (χ2v) is 5.51. The van der Waals surface area contributed by atoms with Crippen LogP contribution in [0.3, 0.4) is 0 Å². The summed E-state index contributed by atoms with van der Waals surface area (Å²) in [6.07, 6.45) is 4.74. The van der Waals surface area contributed by atoms with Gasteiger partial charge in [0.1, 0.15) is 5.82 Å². The fourth-order valence-corrected chi connectivity index (χ4v) is 2.61. The Bertz CT molecular complexity index is 411. The lowest BCUT2D eigenvalue weighted by Crippen LogP contribution is -2.31. The molecule has 19 heavy (non-hydrogen) atoms. The minimum absolute atomic E-state index is 0.144. The van der Waals surface area contributed by atoms with E-state index < -0.39 is 0 Å². The molecule has 1 aliphatic rings. The molecule has 1 fully saturated rings. The van der Waals surface area contributed by atoms with E-state index in [4.69, 9.17) is 0 Å². The maximum Gasteiger partial charge on any atom is 0.123 e. The molecule has 0 spiro atoms. The quantitative estimate of drug-likeness (QED) is 0.807. The summed E-state index contributed by atoms with van der Waals surface area (Å²) < 4.78 is 13.5. The summed E-state index contributed by atoms with van der Waals surface area (Å²) in [5.41, 5.74) is 2.23. The predicted octanol–water partition coefficient (Wildman–Crippen LogP) is 3.70. The van der Waals surface area contributed by atoms with Gasteiger partial charge in [0, 0.05) is 31.4 Å². The summed E-state index contributed by atoms with van der Waals surface area (Å²) in [5.74, 6) is -0.144. The Morgan fingerprint density at radius 1 is 1.32 bits per heavy atom. The zero-order valence-electron chi connectivity index (χ0n) is 12.2. The number of anilines is 1. The van der Waals surface area contributed by atoms with Crippen LogP contribution >= 0.6 is 0 Å². The van der Waals surface area contributed by atoms with Crippen LogP contribution in [0.5, 0.6) is 0 Å². The van der Waals surface area contributed by atoms with E-state index >= 15 is 0 Å². The van der Waals surface area contributed by atoms with E-state index in [1.807, 2.05) is 6.07 Å². The standard InChI is InChI=1S/C16H25FN2/c1-4-15(5-2)19(3)16-9-6-13(17)10-12(16)11-18-14-7-8-14/h6,9-10,14-15,18H,4-5,7-8,11H2,1-3H3. The molecule has 0 bridgehead atoms. The lowest BCUT2D eigenvalue weighted by atomic mass is 10.1. The van der Waals surface area contributed by atoms with Gasteiger partial charge in [0.25, 0.3) is 0 Å². The summed E-state index contributed by atoms with van der Waals surface area (Å²) in [6.45, 7) is 5.18. The second kappa shape index (κ2) is 6.38. The molecular formula is C16H25FN2. The number of nitrogens with one attached hydrogen (secondary N) is 1. The molecule has 106 valence electrons. The molecule has 0 aliphatic heterocycles. The van der Waals surface area contributed by atoms with E-state index in [0.29, 0.717) is 12.1 Å². The molecule has 2 rings (SSSR count).